The third kappa shape index (κ3) is 2.78. The van der Waals surface area contributed by atoms with Gasteiger partial charge in [0.15, 0.2) is 0 Å². The predicted octanol–water partition coefficient (Wildman–Crippen LogP) is 0.603. The van der Waals surface area contributed by atoms with Crippen LogP contribution >= 0.6 is 0 Å². The molecule has 1 aliphatic rings. The number of benzene rings is 1. The minimum Gasteiger partial charge on any atom is -0.397 e. The van der Waals surface area contributed by atoms with Crippen molar-refractivity contribution in [1.29, 1.82) is 0 Å². The number of carbonyl (C=O) groups excluding carboxylic acids is 1. The molecule has 4 N–H and O–H groups in total. The van der Waals surface area contributed by atoms with E-state index in [0.29, 0.717) is 49.1 Å². The fraction of sp³-hybridized carbons (Fsp3) is 0.267. The largest absolute Gasteiger partial charge is 0.397 e. The standard InChI is InChI=1S/C15H18N6O/c16-12-3-2-11(10-13(12)17)14(22)20-6-8-21(9-7-20)15-18-4-1-5-19-15/h1-5,10H,6-9,16-17H2. The van der Waals surface area contributed by atoms with Crippen LogP contribution in [0.5, 0.6) is 0 Å². The van der Waals surface area contributed by atoms with Gasteiger partial charge in [0.2, 0.25) is 5.95 Å². The maximum Gasteiger partial charge on any atom is 0.254 e. The highest BCUT2D eigenvalue weighted by atomic mass is 16.2. The number of hydrogen-bond donors (Lipinski definition) is 2. The van der Waals surface area contributed by atoms with E-state index < -0.39 is 0 Å². The molecule has 1 fully saturated rings. The lowest BCUT2D eigenvalue weighted by Crippen LogP contribution is -2.49. The van der Waals surface area contributed by atoms with Crippen LogP contribution in [0.3, 0.4) is 0 Å². The summed E-state index contributed by atoms with van der Waals surface area (Å²) in [4.78, 5) is 24.8. The summed E-state index contributed by atoms with van der Waals surface area (Å²) in [6.07, 6.45) is 3.44. The molecule has 7 heteroatoms. The van der Waals surface area contributed by atoms with Crippen LogP contribution in [0.25, 0.3) is 0 Å². The molecular formula is C15H18N6O. The van der Waals surface area contributed by atoms with E-state index in [9.17, 15) is 4.79 Å². The number of piperazine rings is 1. The molecule has 22 heavy (non-hydrogen) atoms. The molecule has 1 aliphatic heterocycles. The Kier molecular flexibility index (Phi) is 3.78. The summed E-state index contributed by atoms with van der Waals surface area (Å²) in [5.74, 6) is 0.673. The number of amides is 1. The number of nitrogen functional groups attached to an aromatic ring is 2. The van der Waals surface area contributed by atoms with Gasteiger partial charge in [-0.1, -0.05) is 0 Å². The molecule has 1 amide bonds. The van der Waals surface area contributed by atoms with Gasteiger partial charge in [0.25, 0.3) is 5.91 Å². The molecule has 0 spiro atoms. The lowest BCUT2D eigenvalue weighted by molar-refractivity contribution is 0.0746. The summed E-state index contributed by atoms with van der Waals surface area (Å²) >= 11 is 0. The zero-order valence-corrected chi connectivity index (χ0v) is 12.1. The Morgan fingerprint density at radius 3 is 2.32 bits per heavy atom. The molecule has 1 aromatic carbocycles. The molecule has 1 aromatic heterocycles. The van der Waals surface area contributed by atoms with Gasteiger partial charge in [-0.2, -0.15) is 0 Å². The van der Waals surface area contributed by atoms with Crippen LogP contribution in [0.2, 0.25) is 0 Å². The quantitative estimate of drug-likeness (QED) is 0.787. The highest BCUT2D eigenvalue weighted by molar-refractivity contribution is 5.96. The van der Waals surface area contributed by atoms with E-state index in [-0.39, 0.29) is 5.91 Å². The third-order valence-electron chi connectivity index (χ3n) is 3.74. The smallest absolute Gasteiger partial charge is 0.254 e. The highest BCUT2D eigenvalue weighted by Gasteiger charge is 2.23. The molecule has 0 unspecified atom stereocenters. The summed E-state index contributed by atoms with van der Waals surface area (Å²) < 4.78 is 0. The molecule has 2 heterocycles. The second-order valence-corrected chi connectivity index (χ2v) is 5.17. The van der Waals surface area contributed by atoms with Crippen molar-refractivity contribution in [2.75, 3.05) is 42.5 Å². The van der Waals surface area contributed by atoms with Crippen LogP contribution in [0.4, 0.5) is 17.3 Å². The molecule has 3 rings (SSSR count). The normalized spacial score (nSPS) is 14.9. The summed E-state index contributed by atoms with van der Waals surface area (Å²) in [6, 6.07) is 6.79. The predicted molar refractivity (Wildman–Crippen MR) is 85.4 cm³/mol. The second kappa shape index (κ2) is 5.88. The molecular weight excluding hydrogens is 280 g/mol. The van der Waals surface area contributed by atoms with E-state index in [0.717, 1.165) is 0 Å². The fourth-order valence-corrected chi connectivity index (χ4v) is 2.45. The first-order valence-corrected chi connectivity index (χ1v) is 7.11. The molecule has 0 saturated carbocycles. The number of aromatic nitrogens is 2. The van der Waals surface area contributed by atoms with Gasteiger partial charge in [-0.05, 0) is 24.3 Å². The van der Waals surface area contributed by atoms with Crippen molar-refractivity contribution in [2.24, 2.45) is 0 Å². The van der Waals surface area contributed by atoms with Crippen molar-refractivity contribution in [1.82, 2.24) is 14.9 Å². The summed E-state index contributed by atoms with van der Waals surface area (Å²) in [6.45, 7) is 2.67. The second-order valence-electron chi connectivity index (χ2n) is 5.17. The van der Waals surface area contributed by atoms with E-state index >= 15 is 0 Å². The van der Waals surface area contributed by atoms with Crippen LogP contribution in [0, 0.1) is 0 Å². The summed E-state index contributed by atoms with van der Waals surface area (Å²) in [7, 11) is 0. The first kappa shape index (κ1) is 14.1. The number of hydrogen-bond acceptors (Lipinski definition) is 6. The third-order valence-corrected chi connectivity index (χ3v) is 3.74. The first-order valence-electron chi connectivity index (χ1n) is 7.11. The average molecular weight is 298 g/mol. The Morgan fingerprint density at radius 2 is 1.68 bits per heavy atom. The first-order chi connectivity index (χ1) is 10.6. The molecule has 1 saturated heterocycles. The minimum atomic E-state index is -0.0275. The number of carbonyl (C=O) groups is 1. The van der Waals surface area contributed by atoms with Gasteiger partial charge in [-0.3, -0.25) is 4.79 Å². The SMILES string of the molecule is Nc1ccc(C(=O)N2CCN(c3ncccn3)CC2)cc1N. The van der Waals surface area contributed by atoms with Gasteiger partial charge >= 0.3 is 0 Å². The van der Waals surface area contributed by atoms with Gasteiger partial charge in [-0.25, -0.2) is 9.97 Å². The number of nitrogens with zero attached hydrogens (tertiary/aromatic N) is 4. The van der Waals surface area contributed by atoms with Crippen LogP contribution in [-0.2, 0) is 0 Å². The minimum absolute atomic E-state index is 0.0275. The number of rotatable bonds is 2. The number of nitrogens with two attached hydrogens (primary N) is 2. The average Bonchev–Trinajstić information content (AvgIpc) is 2.58. The van der Waals surface area contributed by atoms with Crippen molar-refractivity contribution in [2.45, 2.75) is 0 Å². The van der Waals surface area contributed by atoms with E-state index in [2.05, 4.69) is 14.9 Å². The molecule has 2 aromatic rings. The van der Waals surface area contributed by atoms with E-state index in [1.165, 1.54) is 0 Å². The van der Waals surface area contributed by atoms with Gasteiger partial charge in [-0.15, -0.1) is 0 Å². The molecule has 0 bridgehead atoms. The molecule has 0 aliphatic carbocycles. The molecule has 114 valence electrons. The van der Waals surface area contributed by atoms with E-state index in [1.54, 1.807) is 36.7 Å². The zero-order chi connectivity index (χ0) is 15.5. The van der Waals surface area contributed by atoms with Crippen LogP contribution in [-0.4, -0.2) is 47.0 Å². The van der Waals surface area contributed by atoms with Gasteiger partial charge in [0, 0.05) is 44.1 Å². The van der Waals surface area contributed by atoms with Crippen molar-refractivity contribution >= 4 is 23.2 Å². The topological polar surface area (TPSA) is 101 Å². The van der Waals surface area contributed by atoms with Gasteiger partial charge < -0.3 is 21.3 Å². The number of anilines is 3. The van der Waals surface area contributed by atoms with Gasteiger partial charge in [0.05, 0.1) is 11.4 Å². The van der Waals surface area contributed by atoms with Crippen molar-refractivity contribution in [3.8, 4) is 0 Å². The van der Waals surface area contributed by atoms with Gasteiger partial charge in [0.1, 0.15) is 0 Å². The van der Waals surface area contributed by atoms with Crippen molar-refractivity contribution in [3.63, 3.8) is 0 Å². The highest BCUT2D eigenvalue weighted by Crippen LogP contribution is 2.18. The molecule has 0 atom stereocenters. The summed E-state index contributed by atoms with van der Waals surface area (Å²) in [5, 5.41) is 0. The summed E-state index contributed by atoms with van der Waals surface area (Å²) in [5.41, 5.74) is 12.9. The van der Waals surface area contributed by atoms with E-state index in [4.69, 9.17) is 11.5 Å². The zero-order valence-electron chi connectivity index (χ0n) is 12.1. The van der Waals surface area contributed by atoms with Crippen LogP contribution in [0.15, 0.2) is 36.7 Å². The molecule has 7 nitrogen and oxygen atoms in total. The Balaban J connectivity index is 1.66. The van der Waals surface area contributed by atoms with E-state index in [1.807, 2.05) is 4.90 Å². The Morgan fingerprint density at radius 1 is 1.00 bits per heavy atom. The lowest BCUT2D eigenvalue weighted by atomic mass is 10.1. The monoisotopic (exact) mass is 298 g/mol. The maximum atomic E-state index is 12.5. The maximum absolute atomic E-state index is 12.5. The van der Waals surface area contributed by atoms with Crippen LogP contribution in [0.1, 0.15) is 10.4 Å². The van der Waals surface area contributed by atoms with Crippen LogP contribution < -0.4 is 16.4 Å². The van der Waals surface area contributed by atoms with Crippen molar-refractivity contribution in [3.05, 3.63) is 42.2 Å². The Bertz CT molecular complexity index is 667. The fourth-order valence-electron chi connectivity index (χ4n) is 2.45. The molecule has 0 radical (unpaired) electrons. The lowest BCUT2D eigenvalue weighted by Gasteiger charge is -2.34. The Labute approximate surface area is 128 Å². The Hall–Kier alpha value is -2.83. The van der Waals surface area contributed by atoms with Crippen molar-refractivity contribution < 1.29 is 4.79 Å².